The molecule has 0 amide bonds. The molecule has 0 fully saturated rings. The molecule has 1 N–H and O–H groups in total. The third kappa shape index (κ3) is 4.11. The molecule has 19 heavy (non-hydrogen) atoms. The quantitative estimate of drug-likeness (QED) is 0.864. The molecule has 100 valence electrons. The van der Waals surface area contributed by atoms with Crippen molar-refractivity contribution < 1.29 is 26.7 Å². The molecule has 0 aromatic heterocycles. The Kier molecular flexibility index (Phi) is 1.41. The van der Waals surface area contributed by atoms with Gasteiger partial charge >= 0.3 is 0 Å². The molecular weight excluding hydrogens is 234 g/mol. The highest BCUT2D eigenvalue weighted by Crippen LogP contribution is 2.24. The van der Waals surface area contributed by atoms with E-state index in [4.69, 9.17) is 26.7 Å². The summed E-state index contributed by atoms with van der Waals surface area (Å²) in [6.45, 7) is -5.40. The van der Waals surface area contributed by atoms with Crippen LogP contribution < -0.4 is 10.1 Å². The summed E-state index contributed by atoms with van der Waals surface area (Å²) in [7, 11) is 0. The first kappa shape index (κ1) is 3.86. The standard InChI is InChI=1S/C17H21NO/c1-14-8-10-16(11-9-14)19-17(12-13-18-2)15-6-4-3-5-7-15/h3-11,17-18H,12-13H2,1-2H3/i2D3,3D,4D,5D,6D,7D,8D,9D,10D,11D,12D2,13D2. The van der Waals surface area contributed by atoms with Crippen LogP contribution in [0.1, 0.15) is 45.5 Å². The molecule has 0 spiro atoms. The summed E-state index contributed by atoms with van der Waals surface area (Å²) in [6, 6.07) is -7.37. The Hall–Kier alpha value is -1.80. The Morgan fingerprint density at radius 2 is 1.95 bits per heavy atom. The van der Waals surface area contributed by atoms with E-state index in [2.05, 4.69) is 0 Å². The minimum Gasteiger partial charge on any atom is -0.486 e. The summed E-state index contributed by atoms with van der Waals surface area (Å²) in [4.78, 5) is 0. The van der Waals surface area contributed by atoms with Gasteiger partial charge in [0.15, 0.2) is 0 Å². The lowest BCUT2D eigenvalue weighted by Crippen LogP contribution is -2.16. The molecule has 2 aromatic carbocycles. The Balaban J connectivity index is 2.94. The molecule has 0 bridgehead atoms. The molecule has 0 aliphatic heterocycles. The van der Waals surface area contributed by atoms with Crippen LogP contribution in [-0.4, -0.2) is 13.5 Å². The van der Waals surface area contributed by atoms with Gasteiger partial charge in [-0.2, -0.15) is 0 Å². The summed E-state index contributed by atoms with van der Waals surface area (Å²) in [5.41, 5.74) is -0.983. The fourth-order valence-corrected chi connectivity index (χ4v) is 1.19. The number of benzene rings is 2. The zero-order chi connectivity index (χ0) is 27.4. The third-order valence-corrected chi connectivity index (χ3v) is 2.01. The molecule has 0 saturated carbocycles. The monoisotopic (exact) mass is 271 g/mol. The fraction of sp³-hybridized carbons (Fsp3) is 0.294. The van der Waals surface area contributed by atoms with Gasteiger partial charge in [0, 0.05) is 16.0 Å². The summed E-state index contributed by atoms with van der Waals surface area (Å²) < 4.78 is 132. The van der Waals surface area contributed by atoms with Gasteiger partial charge in [-0.3, -0.25) is 0 Å². The molecule has 0 aliphatic rings. The molecular formula is C17H21NO. The van der Waals surface area contributed by atoms with E-state index in [1.807, 2.05) is 0 Å². The first-order valence-electron chi connectivity index (χ1n) is 13.3. The van der Waals surface area contributed by atoms with Gasteiger partial charge in [0.25, 0.3) is 0 Å². The topological polar surface area (TPSA) is 21.3 Å². The highest BCUT2D eigenvalue weighted by molar-refractivity contribution is 5.28. The number of hydrogen-bond donors (Lipinski definition) is 1. The fourth-order valence-electron chi connectivity index (χ4n) is 1.19. The van der Waals surface area contributed by atoms with E-state index < -0.39 is 91.6 Å². The van der Waals surface area contributed by atoms with Crippen LogP contribution in [0.2, 0.25) is 0 Å². The maximum atomic E-state index is 8.43. The van der Waals surface area contributed by atoms with Gasteiger partial charge < -0.3 is 10.1 Å². The molecule has 0 heterocycles. The van der Waals surface area contributed by atoms with E-state index in [-0.39, 0.29) is 5.56 Å². The van der Waals surface area contributed by atoms with Crippen molar-refractivity contribution in [1.29, 1.82) is 0 Å². The first-order valence-corrected chi connectivity index (χ1v) is 5.27. The summed E-state index contributed by atoms with van der Waals surface area (Å²) in [5.74, 6) is -0.879. The summed E-state index contributed by atoms with van der Waals surface area (Å²) >= 11 is 0. The highest BCUT2D eigenvalue weighted by atomic mass is 16.5. The van der Waals surface area contributed by atoms with Gasteiger partial charge in [-0.05, 0) is 38.0 Å². The van der Waals surface area contributed by atoms with Crippen LogP contribution >= 0.6 is 0 Å². The number of rotatable bonds is 6. The second-order valence-corrected chi connectivity index (χ2v) is 3.39. The molecule has 2 heteroatoms. The van der Waals surface area contributed by atoms with E-state index in [1.165, 1.54) is 12.2 Å². The van der Waals surface area contributed by atoms with Crippen molar-refractivity contribution in [2.75, 3.05) is 13.5 Å². The minimum atomic E-state index is -3.51. The predicted octanol–water partition coefficient (Wildman–Crippen LogP) is 3.72. The van der Waals surface area contributed by atoms with E-state index >= 15 is 0 Å². The Morgan fingerprint density at radius 1 is 1.21 bits per heavy atom. The van der Waals surface area contributed by atoms with Crippen LogP contribution in [0.25, 0.3) is 0 Å². The average molecular weight is 271 g/mol. The average Bonchev–Trinajstić information content (AvgIpc) is 2.73. The van der Waals surface area contributed by atoms with Gasteiger partial charge in [-0.15, -0.1) is 0 Å². The Labute approximate surface area is 137 Å². The van der Waals surface area contributed by atoms with Crippen molar-refractivity contribution in [2.24, 2.45) is 0 Å². The number of ether oxygens (including phenoxy) is 1. The van der Waals surface area contributed by atoms with Crippen LogP contribution in [0.4, 0.5) is 0 Å². The maximum Gasteiger partial charge on any atom is 0.125 e. The summed E-state index contributed by atoms with van der Waals surface area (Å²) in [5, 5.41) is 1.47. The Bertz CT molecular complexity index is 1100. The maximum absolute atomic E-state index is 8.43. The van der Waals surface area contributed by atoms with Crippen molar-refractivity contribution in [2.45, 2.75) is 19.4 Å². The van der Waals surface area contributed by atoms with Gasteiger partial charge in [-0.1, -0.05) is 47.9 Å². The smallest absolute Gasteiger partial charge is 0.125 e. The zero-order valence-electron chi connectivity index (χ0n) is 26.0. The van der Waals surface area contributed by atoms with Gasteiger partial charge in [0.05, 0.1) is 12.3 Å². The summed E-state index contributed by atoms with van der Waals surface area (Å²) in [6.07, 6.45) is -6.03. The number of nitrogens with one attached hydrogen (secondary N) is 1. The van der Waals surface area contributed by atoms with Gasteiger partial charge in [-0.25, -0.2) is 0 Å². The van der Waals surface area contributed by atoms with E-state index in [1.54, 1.807) is 0 Å². The second kappa shape index (κ2) is 6.95. The lowest BCUT2D eigenvalue weighted by atomic mass is 10.1. The number of hydrogen-bond acceptors (Lipinski definition) is 2. The predicted molar refractivity (Wildman–Crippen MR) is 79.5 cm³/mol. The van der Waals surface area contributed by atoms with Gasteiger partial charge in [0.1, 0.15) is 11.9 Å². The van der Waals surface area contributed by atoms with Crippen LogP contribution in [-0.2, 0) is 0 Å². The molecule has 0 aliphatic carbocycles. The molecule has 2 nitrogen and oxygen atoms in total. The van der Waals surface area contributed by atoms with Crippen molar-refractivity contribution >= 4 is 0 Å². The molecule has 2 aromatic rings. The molecule has 0 radical (unpaired) electrons. The van der Waals surface area contributed by atoms with Crippen molar-refractivity contribution in [1.82, 2.24) is 5.32 Å². The van der Waals surface area contributed by atoms with Crippen LogP contribution in [0, 0.1) is 6.92 Å². The molecule has 2 rings (SSSR count). The van der Waals surface area contributed by atoms with Gasteiger partial charge in [0.2, 0.25) is 0 Å². The SMILES string of the molecule is [2H]c1c([2H])c([2H])c(C(Oc2c([2H])c([2H])c(C)c([2H])c2[2H])C([2H])([2H])C([2H])([2H])NC([2H])([2H])[2H])c([2H])c1[2H]. The highest BCUT2D eigenvalue weighted by Gasteiger charge is 2.12. The first-order chi connectivity index (χ1) is 15.7. The third-order valence-electron chi connectivity index (χ3n) is 2.01. The largest absolute Gasteiger partial charge is 0.486 e. The minimum absolute atomic E-state index is 0.0749. The van der Waals surface area contributed by atoms with E-state index in [0.29, 0.717) is 0 Å². The lowest BCUT2D eigenvalue weighted by Gasteiger charge is -2.19. The zero-order valence-corrected chi connectivity index (χ0v) is 9.99. The van der Waals surface area contributed by atoms with Crippen molar-refractivity contribution in [3.63, 3.8) is 0 Å². The lowest BCUT2D eigenvalue weighted by molar-refractivity contribution is 0.195. The molecule has 1 atom stereocenters. The normalized spacial score (nSPS) is 26.4. The second-order valence-electron chi connectivity index (χ2n) is 3.39. The van der Waals surface area contributed by atoms with E-state index in [9.17, 15) is 0 Å². The van der Waals surface area contributed by atoms with Crippen LogP contribution in [0.15, 0.2) is 54.4 Å². The Morgan fingerprint density at radius 3 is 2.63 bits per heavy atom. The van der Waals surface area contributed by atoms with E-state index in [0.717, 1.165) is 0 Å². The van der Waals surface area contributed by atoms with Crippen LogP contribution in [0.3, 0.4) is 0 Å². The van der Waals surface area contributed by atoms with Crippen LogP contribution in [0.5, 0.6) is 5.75 Å². The van der Waals surface area contributed by atoms with Crippen molar-refractivity contribution in [3.8, 4) is 5.75 Å². The molecule has 0 saturated heterocycles. The van der Waals surface area contributed by atoms with Crippen molar-refractivity contribution in [3.05, 3.63) is 65.5 Å². The molecule has 1 unspecified atom stereocenters.